The molecule has 0 heterocycles. The molecule has 0 amide bonds. The molecular weight excluding hydrogens is 202 g/mol. The molecule has 2 atom stereocenters. The average molecular weight is 229 g/mol. The first-order valence-electron chi connectivity index (χ1n) is 6.42. The van der Waals surface area contributed by atoms with Crippen LogP contribution in [0.25, 0.3) is 0 Å². The van der Waals surface area contributed by atoms with E-state index in [1.54, 1.807) is 0 Å². The van der Waals surface area contributed by atoms with E-state index >= 15 is 0 Å². The van der Waals surface area contributed by atoms with Gasteiger partial charge in [-0.3, -0.25) is 4.90 Å². The van der Waals surface area contributed by atoms with Crippen molar-refractivity contribution >= 4 is 0 Å². The predicted molar refractivity (Wildman–Crippen MR) is 66.6 cm³/mol. The number of nitrogens with zero attached hydrogens (tertiary/aromatic N) is 1. The Labute approximate surface area is 99.8 Å². The van der Waals surface area contributed by atoms with Crippen LogP contribution in [0.5, 0.6) is 0 Å². The van der Waals surface area contributed by atoms with Crippen molar-refractivity contribution < 1.29 is 9.84 Å². The van der Waals surface area contributed by atoms with Crippen molar-refractivity contribution in [3.63, 3.8) is 0 Å². The molecule has 16 heavy (non-hydrogen) atoms. The second-order valence-corrected chi connectivity index (χ2v) is 5.86. The number of ether oxygens (including phenoxy) is 1. The zero-order chi connectivity index (χ0) is 12.2. The second kappa shape index (κ2) is 5.99. The Hall–Kier alpha value is -0.120. The number of aliphatic hydroxyl groups is 1. The van der Waals surface area contributed by atoms with Gasteiger partial charge in [-0.05, 0) is 40.7 Å². The second-order valence-electron chi connectivity index (χ2n) is 5.86. The van der Waals surface area contributed by atoms with Gasteiger partial charge in [0.05, 0.1) is 18.3 Å². The monoisotopic (exact) mass is 229 g/mol. The van der Waals surface area contributed by atoms with Gasteiger partial charge in [0.15, 0.2) is 0 Å². The van der Waals surface area contributed by atoms with E-state index in [-0.39, 0.29) is 11.7 Å². The summed E-state index contributed by atoms with van der Waals surface area (Å²) in [5.74, 6) is 0. The Morgan fingerprint density at radius 2 is 1.88 bits per heavy atom. The van der Waals surface area contributed by atoms with E-state index in [4.69, 9.17) is 4.74 Å². The summed E-state index contributed by atoms with van der Waals surface area (Å²) in [7, 11) is 2.09. The quantitative estimate of drug-likeness (QED) is 0.800. The van der Waals surface area contributed by atoms with Crippen LogP contribution in [0.3, 0.4) is 0 Å². The summed E-state index contributed by atoms with van der Waals surface area (Å²) < 4.78 is 5.70. The van der Waals surface area contributed by atoms with E-state index in [2.05, 4.69) is 32.7 Å². The molecule has 0 spiro atoms. The van der Waals surface area contributed by atoms with Gasteiger partial charge in [0, 0.05) is 12.6 Å². The summed E-state index contributed by atoms with van der Waals surface area (Å²) in [6.45, 7) is 7.86. The van der Waals surface area contributed by atoms with Crippen LogP contribution >= 0.6 is 0 Å². The third-order valence-corrected chi connectivity index (χ3v) is 3.24. The highest BCUT2D eigenvalue weighted by Gasteiger charge is 2.26. The zero-order valence-electron chi connectivity index (χ0n) is 11.2. The predicted octanol–water partition coefficient (Wildman–Crippen LogP) is 2.04. The molecule has 96 valence electrons. The minimum absolute atomic E-state index is 0.0635. The van der Waals surface area contributed by atoms with E-state index in [9.17, 15) is 5.11 Å². The summed E-state index contributed by atoms with van der Waals surface area (Å²) in [4.78, 5) is 2.25. The van der Waals surface area contributed by atoms with Crippen LogP contribution in [0.4, 0.5) is 0 Å². The van der Waals surface area contributed by atoms with Gasteiger partial charge in [-0.25, -0.2) is 0 Å². The van der Waals surface area contributed by atoms with E-state index in [1.165, 1.54) is 12.8 Å². The van der Waals surface area contributed by atoms with E-state index in [0.29, 0.717) is 6.04 Å². The van der Waals surface area contributed by atoms with Crippen LogP contribution in [-0.2, 0) is 4.74 Å². The van der Waals surface area contributed by atoms with Crippen LogP contribution in [0.2, 0.25) is 0 Å². The minimum atomic E-state index is -0.145. The van der Waals surface area contributed by atoms with Crippen molar-refractivity contribution in [2.24, 2.45) is 0 Å². The molecule has 3 heteroatoms. The highest BCUT2D eigenvalue weighted by Crippen LogP contribution is 2.22. The summed E-state index contributed by atoms with van der Waals surface area (Å²) in [6.07, 6.45) is 4.34. The smallest absolute Gasteiger partial charge is 0.0695 e. The molecule has 0 saturated heterocycles. The standard InChI is InChI=1S/C13H27NO2/c1-13(2,3)16-10-9-14(4)11-7-5-6-8-12(11)15/h11-12,15H,5-10H2,1-4H3. The normalized spacial score (nSPS) is 27.4. The fourth-order valence-corrected chi connectivity index (χ4v) is 2.27. The molecule has 1 aliphatic carbocycles. The number of rotatable bonds is 4. The van der Waals surface area contributed by atoms with Gasteiger partial charge in [-0.1, -0.05) is 12.8 Å². The molecule has 0 aliphatic heterocycles. The number of likely N-dealkylation sites (N-methyl/N-ethyl adjacent to an activating group) is 1. The van der Waals surface area contributed by atoms with Crippen molar-refractivity contribution in [2.45, 2.75) is 64.2 Å². The molecule has 3 nitrogen and oxygen atoms in total. The lowest BCUT2D eigenvalue weighted by Gasteiger charge is -2.35. The molecular formula is C13H27NO2. The van der Waals surface area contributed by atoms with Crippen LogP contribution in [-0.4, -0.2) is 48.0 Å². The van der Waals surface area contributed by atoms with Crippen LogP contribution in [0.15, 0.2) is 0 Å². The molecule has 0 aromatic heterocycles. The Morgan fingerprint density at radius 3 is 2.44 bits per heavy atom. The molecule has 2 unspecified atom stereocenters. The molecule has 1 rings (SSSR count). The fraction of sp³-hybridized carbons (Fsp3) is 1.00. The Balaban J connectivity index is 2.25. The van der Waals surface area contributed by atoms with Gasteiger partial charge in [-0.15, -0.1) is 0 Å². The maximum absolute atomic E-state index is 9.92. The van der Waals surface area contributed by atoms with Crippen molar-refractivity contribution in [3.05, 3.63) is 0 Å². The van der Waals surface area contributed by atoms with Crippen LogP contribution in [0.1, 0.15) is 46.5 Å². The van der Waals surface area contributed by atoms with Gasteiger partial charge < -0.3 is 9.84 Å². The van der Waals surface area contributed by atoms with Crippen molar-refractivity contribution in [2.75, 3.05) is 20.2 Å². The summed E-state index contributed by atoms with van der Waals surface area (Å²) in [6, 6.07) is 0.331. The average Bonchev–Trinajstić information content (AvgIpc) is 2.16. The maximum atomic E-state index is 9.92. The highest BCUT2D eigenvalue weighted by molar-refractivity contribution is 4.81. The van der Waals surface area contributed by atoms with E-state index in [1.807, 2.05) is 0 Å². The highest BCUT2D eigenvalue weighted by atomic mass is 16.5. The molecule has 0 aromatic carbocycles. The zero-order valence-corrected chi connectivity index (χ0v) is 11.2. The Morgan fingerprint density at radius 1 is 1.25 bits per heavy atom. The first-order chi connectivity index (χ1) is 7.40. The third-order valence-electron chi connectivity index (χ3n) is 3.24. The lowest BCUT2D eigenvalue weighted by molar-refractivity contribution is -0.0289. The molecule has 1 N–H and O–H groups in total. The van der Waals surface area contributed by atoms with Gasteiger partial charge in [-0.2, -0.15) is 0 Å². The Bertz CT molecular complexity index is 201. The molecule has 1 aliphatic rings. The molecule has 1 saturated carbocycles. The van der Waals surface area contributed by atoms with Crippen LogP contribution in [0, 0.1) is 0 Å². The fourth-order valence-electron chi connectivity index (χ4n) is 2.27. The topological polar surface area (TPSA) is 32.7 Å². The summed E-state index contributed by atoms with van der Waals surface area (Å²) >= 11 is 0. The Kier molecular flexibility index (Phi) is 5.22. The van der Waals surface area contributed by atoms with Gasteiger partial charge in [0.25, 0.3) is 0 Å². The van der Waals surface area contributed by atoms with Crippen molar-refractivity contribution in [1.82, 2.24) is 4.90 Å². The molecule has 0 aromatic rings. The summed E-state index contributed by atoms with van der Waals surface area (Å²) in [5.41, 5.74) is -0.0635. The van der Waals surface area contributed by atoms with E-state index in [0.717, 1.165) is 26.0 Å². The molecule has 1 fully saturated rings. The number of hydrogen-bond donors (Lipinski definition) is 1. The van der Waals surface area contributed by atoms with Gasteiger partial charge in [0.2, 0.25) is 0 Å². The molecule has 0 radical (unpaired) electrons. The van der Waals surface area contributed by atoms with E-state index < -0.39 is 0 Å². The first-order valence-corrected chi connectivity index (χ1v) is 6.42. The maximum Gasteiger partial charge on any atom is 0.0695 e. The van der Waals surface area contributed by atoms with Crippen molar-refractivity contribution in [3.8, 4) is 0 Å². The third kappa shape index (κ3) is 4.81. The minimum Gasteiger partial charge on any atom is -0.391 e. The number of aliphatic hydroxyl groups excluding tert-OH is 1. The summed E-state index contributed by atoms with van der Waals surface area (Å²) in [5, 5.41) is 9.92. The molecule has 0 bridgehead atoms. The van der Waals surface area contributed by atoms with Crippen LogP contribution < -0.4 is 0 Å². The number of hydrogen-bond acceptors (Lipinski definition) is 3. The van der Waals surface area contributed by atoms with Crippen molar-refractivity contribution in [1.29, 1.82) is 0 Å². The van der Waals surface area contributed by atoms with Gasteiger partial charge >= 0.3 is 0 Å². The lowest BCUT2D eigenvalue weighted by Crippen LogP contribution is -2.45. The lowest BCUT2D eigenvalue weighted by atomic mass is 9.92. The first kappa shape index (κ1) is 13.9. The largest absolute Gasteiger partial charge is 0.391 e. The SMILES string of the molecule is CN(CCOC(C)(C)C)C1CCCCC1O. The van der Waals surface area contributed by atoms with Gasteiger partial charge in [0.1, 0.15) is 0 Å².